The molecule has 13 heteroatoms. The molecular weight excluding hydrogens is 607 g/mol. The molecule has 1 atom stereocenters. The summed E-state index contributed by atoms with van der Waals surface area (Å²) in [4.78, 5) is 43.0. The van der Waals surface area contributed by atoms with Crippen LogP contribution in [0.5, 0.6) is 0 Å². The van der Waals surface area contributed by atoms with Crippen molar-refractivity contribution >= 4 is 19.7 Å². The van der Waals surface area contributed by atoms with Crippen LogP contribution in [0.2, 0.25) is 0 Å². The fraction of sp³-hybridized carbons (Fsp3) is 0.484. The molecule has 0 bridgehead atoms. The second-order valence-corrected chi connectivity index (χ2v) is 9.06. The monoisotopic (exact) mass is 657 g/mol. The molecule has 10 nitrogen and oxygen atoms in total. The number of phosphoric ester groups is 1. The van der Waals surface area contributed by atoms with Crippen LogP contribution in [0.25, 0.3) is 0 Å². The summed E-state index contributed by atoms with van der Waals surface area (Å²) in [5, 5.41) is 10.8. The van der Waals surface area contributed by atoms with E-state index in [1.165, 1.54) is 32.6 Å². The fourth-order valence-electron chi connectivity index (χ4n) is 2.59. The molecule has 0 aliphatic carbocycles. The summed E-state index contributed by atoms with van der Waals surface area (Å²) in [5.41, 5.74) is 0. The van der Waals surface area contributed by atoms with E-state index in [-0.39, 0.29) is 89.5 Å². The molecule has 0 aliphatic heterocycles. The first-order valence-corrected chi connectivity index (χ1v) is 14.4. The van der Waals surface area contributed by atoms with Crippen molar-refractivity contribution in [3.05, 3.63) is 0 Å². The second kappa shape index (κ2) is 37.1. The Kier molecular flexibility index (Phi) is 41.1. The minimum atomic E-state index is -5.15. The number of nitrogens with one attached hydrogen (secondary N) is 1. The van der Waals surface area contributed by atoms with Crippen LogP contribution in [0.3, 0.4) is 0 Å². The average Bonchev–Trinajstić information content (AvgIpc) is 2.94. The van der Waals surface area contributed by atoms with E-state index in [1.807, 2.05) is 0 Å². The number of aliphatic hydroxyl groups excluding tert-OH is 1. The maximum absolute atomic E-state index is 11.7. The number of terminal acetylenes is 1. The van der Waals surface area contributed by atoms with Gasteiger partial charge in [-0.2, -0.15) is 0 Å². The molecule has 0 saturated heterocycles. The number of carbonyl (C=O) groups excluding carboxylic acids is 2. The Balaban J connectivity index is -0.0000000529. The van der Waals surface area contributed by atoms with Crippen molar-refractivity contribution < 1.29 is 114 Å². The van der Waals surface area contributed by atoms with Crippen LogP contribution in [-0.4, -0.2) is 43.1 Å². The summed E-state index contributed by atoms with van der Waals surface area (Å²) in [5.74, 6) is 27.9. The van der Waals surface area contributed by atoms with E-state index in [0.717, 1.165) is 19.3 Å². The molecule has 0 aromatic carbocycles. The van der Waals surface area contributed by atoms with E-state index in [9.17, 15) is 23.9 Å². The summed E-state index contributed by atoms with van der Waals surface area (Å²) in [6.07, 6.45) is 12.8. The van der Waals surface area contributed by atoms with E-state index in [1.54, 1.807) is 0 Å². The summed E-state index contributed by atoms with van der Waals surface area (Å²) < 4.78 is 24.2. The number of carbonyl (C=O) groups is 2. The van der Waals surface area contributed by atoms with Gasteiger partial charge in [0.1, 0.15) is 12.9 Å². The predicted molar refractivity (Wildman–Crippen MR) is 170 cm³/mol. The number of hydrogen-bond acceptors (Lipinski definition) is 9. The number of ether oxygens (including phenoxy) is 2. The molecular formula is C31H50NNa2O9P. The molecule has 0 spiro atoms. The first kappa shape index (κ1) is 48.8. The molecule has 2 N–H and O–H groups in total. The third-order valence-corrected chi connectivity index (χ3v) is 4.81. The van der Waals surface area contributed by atoms with Gasteiger partial charge in [-0.3, -0.25) is 14.9 Å². The predicted octanol–water partition coefficient (Wildman–Crippen LogP) is -3.05. The number of rotatable bonds is 16. The van der Waals surface area contributed by atoms with E-state index < -0.39 is 33.3 Å². The van der Waals surface area contributed by atoms with Crippen LogP contribution in [0.4, 0.5) is 0 Å². The minimum absolute atomic E-state index is 0. The van der Waals surface area contributed by atoms with Gasteiger partial charge in [0.05, 0.1) is 21.0 Å². The van der Waals surface area contributed by atoms with Gasteiger partial charge in [0, 0.05) is 66.3 Å². The zero-order chi connectivity index (χ0) is 31.7. The number of esters is 1. The zero-order valence-electron chi connectivity index (χ0n) is 25.8. The fourth-order valence-corrected chi connectivity index (χ4v) is 2.94. The number of unbranched alkanes of at least 4 members (excludes halogenated alkanes) is 7. The number of amides is 1. The Labute approximate surface area is 318 Å². The quantitative estimate of drug-likeness (QED) is 0.0335. The van der Waals surface area contributed by atoms with Crippen molar-refractivity contribution in [3.63, 3.8) is 0 Å². The van der Waals surface area contributed by atoms with Crippen molar-refractivity contribution in [1.82, 2.24) is 5.32 Å². The maximum atomic E-state index is 11.7. The number of phosphoric acid groups is 1. The molecule has 0 aliphatic rings. The van der Waals surface area contributed by atoms with Crippen LogP contribution < -0.4 is 74.2 Å². The topological polar surface area (TPSA) is 157 Å². The molecule has 240 valence electrons. The Morgan fingerprint density at radius 1 is 0.841 bits per heavy atom. The van der Waals surface area contributed by atoms with Gasteiger partial charge in [0.2, 0.25) is 5.91 Å². The molecule has 0 aromatic heterocycles. The molecule has 0 aromatic rings. The van der Waals surface area contributed by atoms with E-state index in [4.69, 9.17) is 16.3 Å². The van der Waals surface area contributed by atoms with Gasteiger partial charge in [-0.05, 0) is 41.9 Å². The van der Waals surface area contributed by atoms with E-state index >= 15 is 0 Å². The van der Waals surface area contributed by atoms with E-state index in [2.05, 4.69) is 98.6 Å². The molecule has 0 rings (SSSR count). The molecule has 0 fully saturated rings. The Morgan fingerprint density at radius 2 is 1.32 bits per heavy atom. The normalized spacial score (nSPS) is 9.00. The first-order chi connectivity index (χ1) is 20.2. The Hall–Kier alpha value is -2.11. The van der Waals surface area contributed by atoms with Crippen molar-refractivity contribution in [2.75, 3.05) is 20.0 Å². The standard InChI is InChI=1S/C16H5NO.C15H31O8P.2Na.8H2/c1-3-4-5-6-7-8-9-10-11-12-13-14-15-17-16(2)18;1-2-3-4-5-6-7-8-9-10-15(17)23-14(11-21-13-16)12-22-24(18,19)20;;;;;;;;;;/h1H,2H3,(H,17,18);14,16H,2-13H2,1H3,(H2,18,19,20);;;8*1H/q;;2*+1;;;;;;;;/p-2/t;14-;;;;;;;;;;/m.0........../s1. The first-order valence-electron chi connectivity index (χ1n) is 12.9. The number of aliphatic hydroxyl groups is 1. The van der Waals surface area contributed by atoms with Crippen molar-refractivity contribution in [2.45, 2.75) is 77.7 Å². The Bertz CT molecular complexity index is 1320. The van der Waals surface area contributed by atoms with Gasteiger partial charge < -0.3 is 33.5 Å². The molecule has 0 unspecified atom stereocenters. The van der Waals surface area contributed by atoms with Gasteiger partial charge in [-0.25, -0.2) is 0 Å². The summed E-state index contributed by atoms with van der Waals surface area (Å²) >= 11 is 0. The average molecular weight is 658 g/mol. The third kappa shape index (κ3) is 44.3. The summed E-state index contributed by atoms with van der Waals surface area (Å²) in [6.45, 7) is 2.04. The van der Waals surface area contributed by atoms with Crippen molar-refractivity contribution in [1.29, 1.82) is 0 Å². The molecule has 0 saturated carbocycles. The van der Waals surface area contributed by atoms with E-state index in [0.29, 0.717) is 6.42 Å². The van der Waals surface area contributed by atoms with Crippen LogP contribution in [-0.2, 0) is 28.2 Å². The van der Waals surface area contributed by atoms with Gasteiger partial charge in [0.25, 0.3) is 0 Å². The van der Waals surface area contributed by atoms with Crippen LogP contribution >= 0.6 is 7.82 Å². The maximum Gasteiger partial charge on any atom is 1.00 e. The molecule has 0 radical (unpaired) electrons. The molecule has 44 heavy (non-hydrogen) atoms. The summed E-state index contributed by atoms with van der Waals surface area (Å²) in [6, 6.07) is 2.33. The van der Waals surface area contributed by atoms with Gasteiger partial charge >= 0.3 is 65.1 Å². The summed E-state index contributed by atoms with van der Waals surface area (Å²) in [7, 11) is -5.15. The molecule has 1 amide bonds. The van der Waals surface area contributed by atoms with Gasteiger partial charge in [0.15, 0.2) is 0 Å². The second-order valence-electron chi connectivity index (χ2n) is 7.91. The van der Waals surface area contributed by atoms with Crippen LogP contribution in [0.1, 0.15) is 83.0 Å². The van der Waals surface area contributed by atoms with Crippen molar-refractivity contribution in [2.24, 2.45) is 0 Å². The van der Waals surface area contributed by atoms with Gasteiger partial charge in [-0.15, -0.1) is 6.42 Å². The van der Waals surface area contributed by atoms with Crippen LogP contribution in [0.15, 0.2) is 0 Å². The van der Waals surface area contributed by atoms with Crippen LogP contribution in [0, 0.1) is 83.5 Å². The van der Waals surface area contributed by atoms with Gasteiger partial charge in [-0.1, -0.05) is 51.9 Å². The molecule has 0 heterocycles. The van der Waals surface area contributed by atoms with Crippen molar-refractivity contribution in [3.8, 4) is 83.5 Å². The minimum Gasteiger partial charge on any atom is -0.790 e. The third-order valence-electron chi connectivity index (χ3n) is 4.34. The SMILES string of the molecule is C#CC#CC#CC#CC#CC#CC#CNC(C)=O.CCCCCCCCCCC(=O)O[C@@H](COCO)COP(=O)([O-])[O-].[HH].[HH].[HH].[HH].[HH].[HH].[HH].[HH].[Na+].[Na+]. The number of hydrogen-bond donors (Lipinski definition) is 2. The Morgan fingerprint density at radius 3 is 1.77 bits per heavy atom. The smallest absolute Gasteiger partial charge is 0.790 e. The largest absolute Gasteiger partial charge is 1.00 e. The zero-order valence-corrected chi connectivity index (χ0v) is 30.7.